The number of aromatic nitrogens is 2. The second kappa shape index (κ2) is 5.70. The molecule has 3 heterocycles. The van der Waals surface area contributed by atoms with Gasteiger partial charge in [0.2, 0.25) is 0 Å². The Morgan fingerprint density at radius 3 is 2.90 bits per heavy atom. The normalized spacial score (nSPS) is 11.1. The molecule has 0 aliphatic rings. The Balaban J connectivity index is 2.07. The molecule has 3 aromatic rings. The van der Waals surface area contributed by atoms with E-state index in [1.807, 2.05) is 17.5 Å². The fourth-order valence-corrected chi connectivity index (χ4v) is 4.42. The SMILES string of the molecule is O=C(O)CCc1nc2scc(-c3ccc(Br)s3)c2c(=O)[nH]1. The van der Waals surface area contributed by atoms with Crippen molar-refractivity contribution in [1.82, 2.24) is 9.97 Å². The van der Waals surface area contributed by atoms with Crippen molar-refractivity contribution in [3.63, 3.8) is 0 Å². The van der Waals surface area contributed by atoms with Gasteiger partial charge in [-0.1, -0.05) is 0 Å². The second-order valence-corrected chi connectivity index (χ2v) is 7.66. The number of rotatable bonds is 4. The summed E-state index contributed by atoms with van der Waals surface area (Å²) in [5.41, 5.74) is 0.644. The zero-order chi connectivity index (χ0) is 15.0. The molecule has 0 fully saturated rings. The number of carboxylic acids is 1. The van der Waals surface area contributed by atoms with Gasteiger partial charge in [-0.15, -0.1) is 22.7 Å². The molecule has 0 spiro atoms. The maximum Gasteiger partial charge on any atom is 0.303 e. The molecule has 0 unspecified atom stereocenters. The van der Waals surface area contributed by atoms with Gasteiger partial charge in [0.25, 0.3) is 5.56 Å². The van der Waals surface area contributed by atoms with Crippen LogP contribution in [0, 0.1) is 0 Å². The highest BCUT2D eigenvalue weighted by atomic mass is 79.9. The lowest BCUT2D eigenvalue weighted by Crippen LogP contribution is -2.12. The van der Waals surface area contributed by atoms with Crippen molar-refractivity contribution in [2.45, 2.75) is 12.8 Å². The number of carboxylic acid groups (broad SMARTS) is 1. The minimum atomic E-state index is -0.909. The van der Waals surface area contributed by atoms with Crippen LogP contribution < -0.4 is 5.56 Å². The molecule has 3 aromatic heterocycles. The number of thiophene rings is 2. The highest BCUT2D eigenvalue weighted by Gasteiger charge is 2.14. The zero-order valence-corrected chi connectivity index (χ0v) is 13.8. The van der Waals surface area contributed by atoms with Gasteiger partial charge in [-0.05, 0) is 28.1 Å². The molecule has 3 rings (SSSR count). The summed E-state index contributed by atoms with van der Waals surface area (Å²) in [4.78, 5) is 31.5. The highest BCUT2D eigenvalue weighted by molar-refractivity contribution is 9.11. The molecule has 0 radical (unpaired) electrons. The van der Waals surface area contributed by atoms with E-state index in [0.29, 0.717) is 16.0 Å². The van der Waals surface area contributed by atoms with Crippen molar-refractivity contribution >= 4 is 54.8 Å². The molecule has 0 saturated heterocycles. The van der Waals surface area contributed by atoms with E-state index in [1.165, 1.54) is 11.3 Å². The maximum atomic E-state index is 12.3. The van der Waals surface area contributed by atoms with E-state index in [-0.39, 0.29) is 18.4 Å². The molecule has 0 saturated carbocycles. The van der Waals surface area contributed by atoms with Crippen LogP contribution in [0.5, 0.6) is 0 Å². The molecule has 0 aromatic carbocycles. The van der Waals surface area contributed by atoms with E-state index in [2.05, 4.69) is 25.9 Å². The second-order valence-electron chi connectivity index (χ2n) is 4.34. The lowest BCUT2D eigenvalue weighted by atomic mass is 10.2. The number of H-pyrrole nitrogens is 1. The van der Waals surface area contributed by atoms with Crippen LogP contribution in [0.25, 0.3) is 20.7 Å². The van der Waals surface area contributed by atoms with Gasteiger partial charge in [0, 0.05) is 22.2 Å². The van der Waals surface area contributed by atoms with Crippen LogP contribution in [0.15, 0.2) is 26.1 Å². The standard InChI is InChI=1S/C13H9BrN2O3S2/c14-8-2-1-7(21-8)6-5-20-13-11(6)12(19)15-9(16-13)3-4-10(17)18/h1-2,5H,3-4H2,(H,17,18)(H,15,16,19). The molecule has 0 aliphatic carbocycles. The molecule has 108 valence electrons. The smallest absolute Gasteiger partial charge is 0.303 e. The van der Waals surface area contributed by atoms with Gasteiger partial charge in [-0.2, -0.15) is 0 Å². The largest absolute Gasteiger partial charge is 0.481 e. The van der Waals surface area contributed by atoms with Crippen molar-refractivity contribution in [2.24, 2.45) is 0 Å². The topological polar surface area (TPSA) is 83.0 Å². The Morgan fingerprint density at radius 2 is 2.24 bits per heavy atom. The van der Waals surface area contributed by atoms with Crippen LogP contribution in [0.1, 0.15) is 12.2 Å². The summed E-state index contributed by atoms with van der Waals surface area (Å²) in [5.74, 6) is -0.497. The fourth-order valence-electron chi connectivity index (χ4n) is 1.98. The number of halogens is 1. The van der Waals surface area contributed by atoms with Crippen LogP contribution in [0.2, 0.25) is 0 Å². The summed E-state index contributed by atoms with van der Waals surface area (Å²) in [6, 6.07) is 3.89. The van der Waals surface area contributed by atoms with Gasteiger partial charge in [-0.3, -0.25) is 9.59 Å². The van der Waals surface area contributed by atoms with Gasteiger partial charge in [0.15, 0.2) is 0 Å². The molecule has 0 atom stereocenters. The molecular weight excluding hydrogens is 376 g/mol. The first-order valence-electron chi connectivity index (χ1n) is 6.02. The van der Waals surface area contributed by atoms with E-state index in [4.69, 9.17) is 5.11 Å². The quantitative estimate of drug-likeness (QED) is 0.720. The third kappa shape index (κ3) is 2.92. The first-order chi connectivity index (χ1) is 10.0. The summed E-state index contributed by atoms with van der Waals surface area (Å²) >= 11 is 6.36. The molecular formula is C13H9BrN2O3S2. The number of carbonyl (C=O) groups is 1. The number of nitrogens with one attached hydrogen (secondary N) is 1. The Bertz CT molecular complexity index is 881. The van der Waals surface area contributed by atoms with E-state index in [1.54, 1.807) is 11.3 Å². The Kier molecular flexibility index (Phi) is 3.92. The summed E-state index contributed by atoms with van der Waals surface area (Å²) in [7, 11) is 0. The number of aliphatic carboxylic acids is 1. The Labute approximate surface area is 135 Å². The van der Waals surface area contributed by atoms with Crippen LogP contribution >= 0.6 is 38.6 Å². The molecule has 0 aliphatic heterocycles. The van der Waals surface area contributed by atoms with Crippen LogP contribution in [0.4, 0.5) is 0 Å². The van der Waals surface area contributed by atoms with Gasteiger partial charge in [0.1, 0.15) is 10.7 Å². The van der Waals surface area contributed by atoms with Gasteiger partial charge in [-0.25, -0.2) is 4.98 Å². The average Bonchev–Trinajstić information content (AvgIpc) is 3.02. The van der Waals surface area contributed by atoms with Crippen LogP contribution in [0.3, 0.4) is 0 Å². The number of hydrogen-bond acceptors (Lipinski definition) is 5. The van der Waals surface area contributed by atoms with E-state index >= 15 is 0 Å². The van der Waals surface area contributed by atoms with E-state index < -0.39 is 5.97 Å². The molecule has 0 bridgehead atoms. The number of fused-ring (bicyclic) bond motifs is 1. The molecule has 2 N–H and O–H groups in total. The highest BCUT2D eigenvalue weighted by Crippen LogP contribution is 2.36. The minimum Gasteiger partial charge on any atom is -0.481 e. The van der Waals surface area contributed by atoms with Gasteiger partial charge in [0.05, 0.1) is 15.6 Å². The van der Waals surface area contributed by atoms with E-state index in [9.17, 15) is 9.59 Å². The Hall–Kier alpha value is -1.51. The van der Waals surface area contributed by atoms with Crippen molar-refractivity contribution in [3.05, 3.63) is 37.5 Å². The van der Waals surface area contributed by atoms with Gasteiger partial charge >= 0.3 is 5.97 Å². The summed E-state index contributed by atoms with van der Waals surface area (Å²) in [6.45, 7) is 0. The number of aromatic amines is 1. The van der Waals surface area contributed by atoms with Crippen molar-refractivity contribution in [2.75, 3.05) is 0 Å². The zero-order valence-electron chi connectivity index (χ0n) is 10.6. The maximum absolute atomic E-state index is 12.3. The predicted molar refractivity (Wildman–Crippen MR) is 87.2 cm³/mol. The fraction of sp³-hybridized carbons (Fsp3) is 0.154. The van der Waals surface area contributed by atoms with Crippen molar-refractivity contribution < 1.29 is 9.90 Å². The summed E-state index contributed by atoms with van der Waals surface area (Å²) < 4.78 is 0.999. The van der Waals surface area contributed by atoms with E-state index in [0.717, 1.165) is 14.2 Å². The minimum absolute atomic E-state index is 0.0510. The first kappa shape index (κ1) is 14.4. The summed E-state index contributed by atoms with van der Waals surface area (Å²) in [5, 5.41) is 11.2. The first-order valence-corrected chi connectivity index (χ1v) is 8.51. The molecule has 8 heteroatoms. The lowest BCUT2D eigenvalue weighted by Gasteiger charge is -1.99. The Morgan fingerprint density at radius 1 is 1.43 bits per heavy atom. The van der Waals surface area contributed by atoms with Crippen molar-refractivity contribution in [3.8, 4) is 10.4 Å². The molecule has 5 nitrogen and oxygen atoms in total. The predicted octanol–water partition coefficient (Wildman–Crippen LogP) is 3.49. The third-order valence-corrected chi connectivity index (χ3v) is 5.44. The number of nitrogens with zero attached hydrogens (tertiary/aromatic N) is 1. The number of aryl methyl sites for hydroxylation is 1. The molecule has 0 amide bonds. The van der Waals surface area contributed by atoms with Gasteiger partial charge < -0.3 is 10.1 Å². The lowest BCUT2D eigenvalue weighted by molar-refractivity contribution is -0.137. The van der Waals surface area contributed by atoms with Crippen LogP contribution in [-0.4, -0.2) is 21.0 Å². The van der Waals surface area contributed by atoms with Crippen molar-refractivity contribution in [1.29, 1.82) is 0 Å². The summed E-state index contributed by atoms with van der Waals surface area (Å²) in [6.07, 6.45) is 0.169. The number of hydrogen-bond donors (Lipinski definition) is 2. The average molecular weight is 385 g/mol. The third-order valence-electron chi connectivity index (χ3n) is 2.91. The monoisotopic (exact) mass is 384 g/mol. The van der Waals surface area contributed by atoms with Crippen LogP contribution in [-0.2, 0) is 11.2 Å². The molecule has 21 heavy (non-hydrogen) atoms.